The molecule has 0 fully saturated rings. The van der Waals surface area contributed by atoms with Gasteiger partial charge in [0, 0.05) is 0 Å². The fraction of sp³-hybridized carbons (Fsp3) is 0. The summed E-state index contributed by atoms with van der Waals surface area (Å²) in [4.78, 5) is 14.9. The lowest BCUT2D eigenvalue weighted by Crippen LogP contribution is -2.01. The maximum atomic E-state index is 12.8. The molecular weight excluding hydrogens is 233 g/mol. The summed E-state index contributed by atoms with van der Waals surface area (Å²) >= 11 is 0. The Morgan fingerprint density at radius 3 is 2.44 bits per heavy atom. The summed E-state index contributed by atoms with van der Waals surface area (Å²) in [5, 5.41) is 8.96. The van der Waals surface area contributed by atoms with E-state index in [1.54, 1.807) is 18.2 Å². The number of rotatable bonds is 3. The zero-order chi connectivity index (χ0) is 13.1. The van der Waals surface area contributed by atoms with Crippen molar-refractivity contribution in [2.75, 3.05) is 0 Å². The van der Waals surface area contributed by atoms with Crippen LogP contribution < -0.4 is 0 Å². The molecule has 0 unspecified atom stereocenters. The van der Waals surface area contributed by atoms with Gasteiger partial charge >= 0.3 is 5.97 Å². The molecule has 1 N–H and O–H groups in total. The maximum Gasteiger partial charge on any atom is 0.354 e. The number of pyridine rings is 1. The number of aromatic nitrogens is 1. The van der Waals surface area contributed by atoms with Crippen LogP contribution in [0, 0.1) is 5.82 Å². The lowest BCUT2D eigenvalue weighted by molar-refractivity contribution is 0.0690. The average Bonchev–Trinajstić information content (AvgIpc) is 2.39. The standard InChI is InChI=1S/C14H10FNO2/c1-2-12-7-10(8-13(16-12)14(17)18)9-3-5-11(15)6-4-9/h2-8H,1H2,(H,17,18). The molecule has 2 aromatic rings. The third-order valence-corrected chi connectivity index (χ3v) is 2.45. The third kappa shape index (κ3) is 2.43. The van der Waals surface area contributed by atoms with Crippen LogP contribution >= 0.6 is 0 Å². The summed E-state index contributed by atoms with van der Waals surface area (Å²) in [6.45, 7) is 3.56. The van der Waals surface area contributed by atoms with Crippen LogP contribution in [0.2, 0.25) is 0 Å². The van der Waals surface area contributed by atoms with Gasteiger partial charge in [0.05, 0.1) is 5.69 Å². The molecule has 18 heavy (non-hydrogen) atoms. The van der Waals surface area contributed by atoms with Gasteiger partial charge in [-0.3, -0.25) is 0 Å². The van der Waals surface area contributed by atoms with Crippen LogP contribution in [-0.2, 0) is 0 Å². The lowest BCUT2D eigenvalue weighted by Gasteiger charge is -2.05. The Hall–Kier alpha value is -2.49. The van der Waals surface area contributed by atoms with Crippen LogP contribution in [0.1, 0.15) is 16.2 Å². The molecule has 0 spiro atoms. The maximum absolute atomic E-state index is 12.8. The SMILES string of the molecule is C=Cc1cc(-c2ccc(F)cc2)cc(C(=O)O)n1. The van der Waals surface area contributed by atoms with E-state index in [1.807, 2.05) is 0 Å². The van der Waals surface area contributed by atoms with Gasteiger partial charge in [-0.1, -0.05) is 18.7 Å². The van der Waals surface area contributed by atoms with Crippen molar-refractivity contribution in [2.45, 2.75) is 0 Å². The van der Waals surface area contributed by atoms with Crippen molar-refractivity contribution in [3.8, 4) is 11.1 Å². The molecule has 1 heterocycles. The molecule has 0 aliphatic heterocycles. The van der Waals surface area contributed by atoms with Crippen LogP contribution in [0.3, 0.4) is 0 Å². The van der Waals surface area contributed by atoms with Gasteiger partial charge in [-0.2, -0.15) is 0 Å². The molecule has 0 atom stereocenters. The Morgan fingerprint density at radius 1 is 1.22 bits per heavy atom. The molecule has 90 valence electrons. The van der Waals surface area contributed by atoms with Crippen molar-refractivity contribution in [3.05, 3.63) is 60.2 Å². The minimum Gasteiger partial charge on any atom is -0.477 e. The molecule has 0 bridgehead atoms. The minimum atomic E-state index is -1.11. The number of carbonyl (C=O) groups is 1. The minimum absolute atomic E-state index is 0.0632. The van der Waals surface area contributed by atoms with Crippen LogP contribution in [0.25, 0.3) is 17.2 Å². The molecule has 0 aliphatic rings. The van der Waals surface area contributed by atoms with E-state index in [4.69, 9.17) is 5.11 Å². The highest BCUT2D eigenvalue weighted by atomic mass is 19.1. The molecule has 1 aromatic heterocycles. The van der Waals surface area contributed by atoms with Crippen LogP contribution in [0.4, 0.5) is 4.39 Å². The second-order valence-electron chi connectivity index (χ2n) is 3.68. The van der Waals surface area contributed by atoms with Crippen molar-refractivity contribution in [1.29, 1.82) is 0 Å². The van der Waals surface area contributed by atoms with Gasteiger partial charge in [-0.25, -0.2) is 14.2 Å². The Bertz CT molecular complexity index is 606. The van der Waals surface area contributed by atoms with E-state index in [1.165, 1.54) is 24.3 Å². The summed E-state index contributed by atoms with van der Waals surface area (Å²) in [6, 6.07) is 8.97. The zero-order valence-corrected chi connectivity index (χ0v) is 9.43. The van der Waals surface area contributed by atoms with Crippen molar-refractivity contribution in [2.24, 2.45) is 0 Å². The first kappa shape index (κ1) is 12.0. The van der Waals surface area contributed by atoms with E-state index in [0.29, 0.717) is 11.3 Å². The third-order valence-electron chi connectivity index (χ3n) is 2.45. The number of carboxylic acid groups (broad SMARTS) is 1. The second-order valence-corrected chi connectivity index (χ2v) is 3.68. The Balaban J connectivity index is 2.56. The van der Waals surface area contributed by atoms with Gasteiger partial charge in [0.2, 0.25) is 0 Å². The molecule has 2 rings (SSSR count). The highest BCUT2D eigenvalue weighted by Gasteiger charge is 2.09. The number of nitrogens with zero attached hydrogens (tertiary/aromatic N) is 1. The molecule has 0 radical (unpaired) electrons. The molecule has 0 saturated carbocycles. The molecule has 3 nitrogen and oxygen atoms in total. The monoisotopic (exact) mass is 243 g/mol. The highest BCUT2D eigenvalue weighted by Crippen LogP contribution is 2.21. The van der Waals surface area contributed by atoms with Gasteiger partial charge in [0.1, 0.15) is 11.5 Å². The molecule has 1 aromatic carbocycles. The van der Waals surface area contributed by atoms with Gasteiger partial charge < -0.3 is 5.11 Å². The summed E-state index contributed by atoms with van der Waals surface area (Å²) in [6.07, 6.45) is 1.47. The van der Waals surface area contributed by atoms with Gasteiger partial charge in [0.25, 0.3) is 0 Å². The first-order chi connectivity index (χ1) is 8.60. The van der Waals surface area contributed by atoms with E-state index in [-0.39, 0.29) is 11.5 Å². The van der Waals surface area contributed by atoms with E-state index in [9.17, 15) is 9.18 Å². The Labute approximate surface area is 103 Å². The van der Waals surface area contributed by atoms with Crippen molar-refractivity contribution < 1.29 is 14.3 Å². The normalized spacial score (nSPS) is 10.1. The number of benzene rings is 1. The quantitative estimate of drug-likeness (QED) is 0.900. The van der Waals surface area contributed by atoms with Crippen molar-refractivity contribution in [3.63, 3.8) is 0 Å². The fourth-order valence-electron chi connectivity index (χ4n) is 1.58. The summed E-state index contributed by atoms with van der Waals surface area (Å²) in [5.41, 5.74) is 1.79. The van der Waals surface area contributed by atoms with Gasteiger partial charge in [0.15, 0.2) is 0 Å². The first-order valence-electron chi connectivity index (χ1n) is 5.24. The van der Waals surface area contributed by atoms with E-state index in [2.05, 4.69) is 11.6 Å². The van der Waals surface area contributed by atoms with Crippen molar-refractivity contribution in [1.82, 2.24) is 4.98 Å². The average molecular weight is 243 g/mol. The molecule has 4 heteroatoms. The second kappa shape index (κ2) is 4.79. The lowest BCUT2D eigenvalue weighted by atomic mass is 10.0. The summed E-state index contributed by atoms with van der Waals surface area (Å²) < 4.78 is 12.8. The Kier molecular flexibility index (Phi) is 3.19. The Morgan fingerprint density at radius 2 is 1.89 bits per heavy atom. The summed E-state index contributed by atoms with van der Waals surface area (Å²) in [5.74, 6) is -1.45. The number of carboxylic acids is 1. The van der Waals surface area contributed by atoms with Gasteiger partial charge in [-0.15, -0.1) is 0 Å². The van der Waals surface area contributed by atoms with Crippen LogP contribution in [-0.4, -0.2) is 16.1 Å². The number of hydrogen-bond donors (Lipinski definition) is 1. The largest absolute Gasteiger partial charge is 0.477 e. The highest BCUT2D eigenvalue weighted by molar-refractivity contribution is 5.87. The molecular formula is C14H10FNO2. The predicted molar refractivity (Wildman–Crippen MR) is 66.7 cm³/mol. The zero-order valence-electron chi connectivity index (χ0n) is 9.43. The smallest absolute Gasteiger partial charge is 0.354 e. The first-order valence-corrected chi connectivity index (χ1v) is 5.24. The number of hydrogen-bond acceptors (Lipinski definition) is 2. The van der Waals surface area contributed by atoms with Crippen molar-refractivity contribution >= 4 is 12.0 Å². The van der Waals surface area contributed by atoms with E-state index >= 15 is 0 Å². The number of aromatic carboxylic acids is 1. The summed E-state index contributed by atoms with van der Waals surface area (Å²) in [7, 11) is 0. The van der Waals surface area contributed by atoms with E-state index < -0.39 is 5.97 Å². The topological polar surface area (TPSA) is 50.2 Å². The van der Waals surface area contributed by atoms with Gasteiger partial charge in [-0.05, 0) is 41.5 Å². The van der Waals surface area contributed by atoms with E-state index in [0.717, 1.165) is 5.56 Å². The fourth-order valence-corrected chi connectivity index (χ4v) is 1.58. The van der Waals surface area contributed by atoms with Crippen LogP contribution in [0.15, 0.2) is 43.0 Å². The van der Waals surface area contributed by atoms with Crippen LogP contribution in [0.5, 0.6) is 0 Å². The molecule has 0 aliphatic carbocycles. The number of halogens is 1. The molecule has 0 amide bonds. The predicted octanol–water partition coefficient (Wildman–Crippen LogP) is 3.23. The molecule has 0 saturated heterocycles.